The summed E-state index contributed by atoms with van der Waals surface area (Å²) in [4.78, 5) is 26.6. The summed E-state index contributed by atoms with van der Waals surface area (Å²) < 4.78 is 11.2. The first-order chi connectivity index (χ1) is 14.6. The maximum atomic E-state index is 12.6. The topological polar surface area (TPSA) is 83.5 Å². The molecule has 1 atom stereocenters. The lowest BCUT2D eigenvalue weighted by Crippen LogP contribution is -2.43. The van der Waals surface area contributed by atoms with Crippen molar-refractivity contribution in [1.82, 2.24) is 4.90 Å². The van der Waals surface area contributed by atoms with Crippen molar-refractivity contribution in [2.75, 3.05) is 13.1 Å². The van der Waals surface area contributed by atoms with E-state index in [-0.39, 0.29) is 5.91 Å². The number of ether oxygens (including phenoxy) is 1. The van der Waals surface area contributed by atoms with Crippen LogP contribution in [0.4, 0.5) is 0 Å². The summed E-state index contributed by atoms with van der Waals surface area (Å²) in [7, 11) is 0. The molecule has 0 aliphatic carbocycles. The second-order valence-corrected chi connectivity index (χ2v) is 7.44. The molecule has 1 fully saturated rings. The highest BCUT2D eigenvalue weighted by Crippen LogP contribution is 2.31. The zero-order valence-corrected chi connectivity index (χ0v) is 16.8. The van der Waals surface area contributed by atoms with E-state index in [2.05, 4.69) is 6.07 Å². The summed E-state index contributed by atoms with van der Waals surface area (Å²) in [6.07, 6.45) is 2.56. The zero-order chi connectivity index (χ0) is 21.1. The second kappa shape index (κ2) is 8.42. The number of hydrogen-bond acceptors (Lipinski definition) is 5. The van der Waals surface area contributed by atoms with Crippen molar-refractivity contribution in [2.45, 2.75) is 32.3 Å². The normalized spacial score (nSPS) is 14.9. The van der Waals surface area contributed by atoms with Gasteiger partial charge in [0.05, 0.1) is 11.6 Å². The third-order valence-electron chi connectivity index (χ3n) is 5.38. The summed E-state index contributed by atoms with van der Waals surface area (Å²) in [6, 6.07) is 15.8. The molecular formula is C24H22N2O4. The van der Waals surface area contributed by atoms with Crippen LogP contribution in [0.1, 0.15) is 31.7 Å². The number of amides is 1. The number of carbonyl (C=O) groups is 1. The molecule has 0 radical (unpaired) electrons. The number of likely N-dealkylation sites (tertiary alicyclic amines) is 1. The molecule has 152 valence electrons. The van der Waals surface area contributed by atoms with E-state index in [1.54, 1.807) is 43.3 Å². The maximum Gasteiger partial charge on any atom is 0.336 e. The number of hydrogen-bond donors (Lipinski definition) is 0. The molecule has 1 aliphatic rings. The third kappa shape index (κ3) is 3.92. The van der Waals surface area contributed by atoms with E-state index in [4.69, 9.17) is 9.15 Å². The van der Waals surface area contributed by atoms with Gasteiger partial charge >= 0.3 is 5.63 Å². The Kier molecular flexibility index (Phi) is 5.53. The van der Waals surface area contributed by atoms with Crippen LogP contribution in [-0.2, 0) is 4.79 Å². The van der Waals surface area contributed by atoms with Crippen molar-refractivity contribution in [3.8, 4) is 22.9 Å². The van der Waals surface area contributed by atoms with Gasteiger partial charge in [0.2, 0.25) is 0 Å². The third-order valence-corrected chi connectivity index (χ3v) is 5.38. The summed E-state index contributed by atoms with van der Waals surface area (Å²) >= 11 is 0. The van der Waals surface area contributed by atoms with Gasteiger partial charge in [0.15, 0.2) is 6.10 Å². The van der Waals surface area contributed by atoms with Crippen LogP contribution in [0, 0.1) is 11.3 Å². The predicted molar refractivity (Wildman–Crippen MR) is 113 cm³/mol. The van der Waals surface area contributed by atoms with E-state index in [1.807, 2.05) is 11.0 Å². The summed E-state index contributed by atoms with van der Waals surface area (Å²) in [5, 5.41) is 10.1. The Hall–Kier alpha value is -3.59. The van der Waals surface area contributed by atoms with Crippen molar-refractivity contribution in [3.05, 3.63) is 64.5 Å². The molecule has 2 heterocycles. The van der Waals surface area contributed by atoms with E-state index in [0.29, 0.717) is 33.4 Å². The number of rotatable bonds is 4. The van der Waals surface area contributed by atoms with Gasteiger partial charge in [-0.05, 0) is 44.4 Å². The average molecular weight is 402 g/mol. The standard InChI is InChI=1S/C24H22N2O4/c1-16(24(28)26-11-5-2-6-12-26)29-18-9-10-20-21(14-23(27)30-22(20)13-18)19-8-4-3-7-17(19)15-25/h3-4,7-10,13-14,16H,2,5-6,11-12H2,1H3. The quantitative estimate of drug-likeness (QED) is 0.613. The van der Waals surface area contributed by atoms with Gasteiger partial charge in [0.25, 0.3) is 5.91 Å². The monoisotopic (exact) mass is 402 g/mol. The van der Waals surface area contributed by atoms with Gasteiger partial charge in [-0.15, -0.1) is 0 Å². The first-order valence-corrected chi connectivity index (χ1v) is 10.1. The molecule has 1 aliphatic heterocycles. The van der Waals surface area contributed by atoms with Crippen molar-refractivity contribution in [3.63, 3.8) is 0 Å². The molecule has 0 spiro atoms. The van der Waals surface area contributed by atoms with Gasteiger partial charge in [0.1, 0.15) is 11.3 Å². The van der Waals surface area contributed by atoms with Crippen LogP contribution >= 0.6 is 0 Å². The van der Waals surface area contributed by atoms with E-state index in [9.17, 15) is 14.9 Å². The lowest BCUT2D eigenvalue weighted by Gasteiger charge is -2.29. The lowest BCUT2D eigenvalue weighted by molar-refractivity contribution is -0.138. The largest absolute Gasteiger partial charge is 0.481 e. The second-order valence-electron chi connectivity index (χ2n) is 7.44. The highest BCUT2D eigenvalue weighted by atomic mass is 16.5. The van der Waals surface area contributed by atoms with Crippen molar-refractivity contribution in [1.29, 1.82) is 5.26 Å². The fourth-order valence-electron chi connectivity index (χ4n) is 3.88. The Labute approximate surface area is 174 Å². The van der Waals surface area contributed by atoms with Crippen LogP contribution in [0.2, 0.25) is 0 Å². The fourth-order valence-corrected chi connectivity index (χ4v) is 3.88. The minimum absolute atomic E-state index is 0.0343. The lowest BCUT2D eigenvalue weighted by atomic mass is 9.98. The summed E-state index contributed by atoms with van der Waals surface area (Å²) in [5.74, 6) is 0.419. The molecule has 4 rings (SSSR count). The summed E-state index contributed by atoms with van der Waals surface area (Å²) in [6.45, 7) is 3.26. The molecule has 30 heavy (non-hydrogen) atoms. The smallest absolute Gasteiger partial charge is 0.336 e. The molecular weight excluding hydrogens is 380 g/mol. The van der Waals surface area contributed by atoms with Crippen LogP contribution in [-0.4, -0.2) is 30.0 Å². The molecule has 6 nitrogen and oxygen atoms in total. The number of nitriles is 1. The molecule has 3 aromatic rings. The molecule has 6 heteroatoms. The Morgan fingerprint density at radius 2 is 1.87 bits per heavy atom. The minimum atomic E-state index is -0.630. The van der Waals surface area contributed by atoms with Gasteiger partial charge in [-0.3, -0.25) is 4.79 Å². The Morgan fingerprint density at radius 1 is 1.10 bits per heavy atom. The number of carbonyl (C=O) groups excluding carboxylic acids is 1. The molecule has 1 saturated heterocycles. The van der Waals surface area contributed by atoms with Crippen molar-refractivity contribution in [2.24, 2.45) is 0 Å². The predicted octanol–water partition coefficient (Wildman–Crippen LogP) is 4.11. The van der Waals surface area contributed by atoms with Crippen LogP contribution < -0.4 is 10.4 Å². The van der Waals surface area contributed by atoms with Gasteiger partial charge in [-0.25, -0.2) is 4.79 Å². The first kappa shape index (κ1) is 19.7. The number of benzene rings is 2. The van der Waals surface area contributed by atoms with Crippen molar-refractivity contribution >= 4 is 16.9 Å². The van der Waals surface area contributed by atoms with Crippen LogP contribution in [0.3, 0.4) is 0 Å². The van der Waals surface area contributed by atoms with Gasteiger partial charge in [-0.1, -0.05) is 18.2 Å². The van der Waals surface area contributed by atoms with E-state index in [1.165, 1.54) is 6.07 Å². The number of piperidine rings is 1. The van der Waals surface area contributed by atoms with Crippen molar-refractivity contribution < 1.29 is 13.9 Å². The molecule has 1 unspecified atom stereocenters. The molecule has 2 aromatic carbocycles. The first-order valence-electron chi connectivity index (χ1n) is 10.1. The van der Waals surface area contributed by atoms with Gasteiger partial charge in [0, 0.05) is 41.7 Å². The van der Waals surface area contributed by atoms with Gasteiger partial charge < -0.3 is 14.1 Å². The highest BCUT2D eigenvalue weighted by molar-refractivity contribution is 5.95. The van der Waals surface area contributed by atoms with Crippen LogP contribution in [0.15, 0.2) is 57.7 Å². The average Bonchev–Trinajstić information content (AvgIpc) is 2.78. The maximum absolute atomic E-state index is 12.6. The SMILES string of the molecule is CC(Oc1ccc2c(-c3ccccc3C#N)cc(=O)oc2c1)C(=O)N1CCCCC1. The molecule has 1 aromatic heterocycles. The van der Waals surface area contributed by atoms with E-state index in [0.717, 1.165) is 32.4 Å². The van der Waals surface area contributed by atoms with Crippen LogP contribution in [0.25, 0.3) is 22.1 Å². The van der Waals surface area contributed by atoms with E-state index >= 15 is 0 Å². The summed E-state index contributed by atoms with van der Waals surface area (Å²) in [5.41, 5.74) is 1.60. The molecule has 0 saturated carbocycles. The molecule has 1 amide bonds. The van der Waals surface area contributed by atoms with E-state index < -0.39 is 11.7 Å². The number of fused-ring (bicyclic) bond motifs is 1. The Balaban J connectivity index is 1.66. The minimum Gasteiger partial charge on any atom is -0.481 e. The highest BCUT2D eigenvalue weighted by Gasteiger charge is 2.23. The molecule has 0 N–H and O–H groups in total. The Morgan fingerprint density at radius 3 is 2.63 bits per heavy atom. The van der Waals surface area contributed by atoms with Gasteiger partial charge in [-0.2, -0.15) is 5.26 Å². The fraction of sp³-hybridized carbons (Fsp3) is 0.292. The number of nitrogens with zero attached hydrogens (tertiary/aromatic N) is 2. The zero-order valence-electron chi connectivity index (χ0n) is 16.8. The van der Waals surface area contributed by atoms with Crippen LogP contribution in [0.5, 0.6) is 5.75 Å². The Bertz CT molecular complexity index is 1190. The molecule has 0 bridgehead atoms.